The molecule has 414 valence electrons. The van der Waals surface area contributed by atoms with Crippen molar-refractivity contribution < 1.29 is 58.2 Å². The zero-order chi connectivity index (χ0) is 53.3. The standard InChI is InChI=1S/C61H98O12/c1-4-7-10-13-16-19-22-25-27-30-32-35-38-41-44-47-53(62)69-50-52(71-54(63)48-45-42-39-36-33-29-24-21-18-15-12-9-6-3)51-70-61-59(57(66)56(65)58(73-61)60(67)68)72-55(64)49-46-43-40-37-34-31-28-26-23-20-17-14-11-8-5-2/h7,9-10,12,16,18-19,21,25-29,33,39,42,52,56-59,61,65-66H,4-6,8,11,13-15,17,20,22-24,30-32,34-38,40-41,43-51H2,1-3H3,(H,67,68)/b10-7-,12-9-,19-16-,21-18-,27-25-,28-26-,33-29-,42-39-. The van der Waals surface area contributed by atoms with Crippen LogP contribution in [0.3, 0.4) is 0 Å². The fourth-order valence-corrected chi connectivity index (χ4v) is 7.86. The van der Waals surface area contributed by atoms with Crippen molar-refractivity contribution >= 4 is 23.9 Å². The van der Waals surface area contributed by atoms with Crippen LogP contribution in [0.2, 0.25) is 0 Å². The van der Waals surface area contributed by atoms with Crippen LogP contribution in [-0.4, -0.2) is 89.2 Å². The van der Waals surface area contributed by atoms with Gasteiger partial charge in [-0.15, -0.1) is 0 Å². The van der Waals surface area contributed by atoms with Gasteiger partial charge in [0.25, 0.3) is 0 Å². The van der Waals surface area contributed by atoms with Crippen LogP contribution in [0, 0.1) is 0 Å². The Morgan fingerprint density at radius 2 is 0.890 bits per heavy atom. The van der Waals surface area contributed by atoms with Gasteiger partial charge in [0.1, 0.15) is 18.8 Å². The second-order valence-electron chi connectivity index (χ2n) is 18.8. The van der Waals surface area contributed by atoms with E-state index in [-0.39, 0.29) is 25.9 Å². The molecule has 0 aromatic heterocycles. The molecule has 6 atom stereocenters. The summed E-state index contributed by atoms with van der Waals surface area (Å²) in [5.74, 6) is -3.27. The number of aliphatic hydroxyl groups is 2. The van der Waals surface area contributed by atoms with Gasteiger partial charge in [0.15, 0.2) is 24.6 Å². The van der Waals surface area contributed by atoms with Gasteiger partial charge in [-0.3, -0.25) is 14.4 Å². The predicted molar refractivity (Wildman–Crippen MR) is 294 cm³/mol. The quantitative estimate of drug-likeness (QED) is 0.0228. The number of rotatable bonds is 46. The summed E-state index contributed by atoms with van der Waals surface area (Å²) in [5, 5.41) is 31.4. The van der Waals surface area contributed by atoms with Crippen LogP contribution in [0.25, 0.3) is 0 Å². The molecule has 1 heterocycles. The SMILES string of the molecule is CC/C=C\C/C=C\C/C=C\C/C=C\CCC(=O)OC(COC(=O)CCCCCCC/C=C\C/C=C\C/C=C\CC)COC1OC(C(=O)O)C(O)C(O)C1OC(=O)CCCCCCC/C=C\CCCCCCCC. The second-order valence-corrected chi connectivity index (χ2v) is 18.8. The third-order valence-corrected chi connectivity index (χ3v) is 12.1. The molecule has 0 radical (unpaired) electrons. The van der Waals surface area contributed by atoms with Gasteiger partial charge in [-0.25, -0.2) is 4.79 Å². The summed E-state index contributed by atoms with van der Waals surface area (Å²) in [7, 11) is 0. The first-order valence-electron chi connectivity index (χ1n) is 28.2. The van der Waals surface area contributed by atoms with E-state index in [1.165, 1.54) is 38.5 Å². The third kappa shape index (κ3) is 38.8. The zero-order valence-corrected chi connectivity index (χ0v) is 45.3. The lowest BCUT2D eigenvalue weighted by molar-refractivity contribution is -0.301. The number of aliphatic hydroxyl groups excluding tert-OH is 2. The molecule has 73 heavy (non-hydrogen) atoms. The molecule has 1 aliphatic heterocycles. The summed E-state index contributed by atoms with van der Waals surface area (Å²) in [6, 6.07) is 0. The highest BCUT2D eigenvalue weighted by molar-refractivity contribution is 5.74. The van der Waals surface area contributed by atoms with E-state index in [0.717, 1.165) is 109 Å². The van der Waals surface area contributed by atoms with Gasteiger partial charge in [-0.2, -0.15) is 0 Å². The van der Waals surface area contributed by atoms with Gasteiger partial charge in [-0.05, 0) is 103 Å². The Morgan fingerprint density at radius 1 is 0.466 bits per heavy atom. The monoisotopic (exact) mass is 1020 g/mol. The van der Waals surface area contributed by atoms with Crippen LogP contribution >= 0.6 is 0 Å². The van der Waals surface area contributed by atoms with Crippen LogP contribution in [0.1, 0.15) is 213 Å². The van der Waals surface area contributed by atoms with Crippen LogP contribution < -0.4 is 0 Å². The number of allylic oxidation sites excluding steroid dienone is 16. The summed E-state index contributed by atoms with van der Waals surface area (Å²) in [5.41, 5.74) is 0. The first-order chi connectivity index (χ1) is 35.6. The van der Waals surface area contributed by atoms with Gasteiger partial charge in [0, 0.05) is 19.3 Å². The molecule has 1 saturated heterocycles. The molecule has 0 aromatic rings. The number of esters is 3. The van der Waals surface area contributed by atoms with E-state index >= 15 is 0 Å². The molecule has 0 bridgehead atoms. The smallest absolute Gasteiger partial charge is 0.335 e. The molecule has 0 amide bonds. The number of hydrogen-bond acceptors (Lipinski definition) is 11. The summed E-state index contributed by atoms with van der Waals surface area (Å²) >= 11 is 0. The number of carboxylic acids is 1. The van der Waals surface area contributed by atoms with Crippen LogP contribution in [-0.2, 0) is 42.9 Å². The lowest BCUT2D eigenvalue weighted by Gasteiger charge is -2.40. The lowest BCUT2D eigenvalue weighted by Crippen LogP contribution is -2.61. The molecule has 1 aliphatic rings. The molecule has 3 N–H and O–H groups in total. The van der Waals surface area contributed by atoms with E-state index in [4.69, 9.17) is 23.7 Å². The first-order valence-corrected chi connectivity index (χ1v) is 28.2. The average molecular weight is 1020 g/mol. The minimum atomic E-state index is -1.92. The number of aliphatic carboxylic acids is 1. The number of unbranched alkanes of at least 4 members (excludes halogenated alkanes) is 16. The lowest BCUT2D eigenvalue weighted by atomic mass is 9.98. The molecule has 1 fully saturated rings. The fourth-order valence-electron chi connectivity index (χ4n) is 7.86. The van der Waals surface area contributed by atoms with E-state index in [2.05, 4.69) is 106 Å². The van der Waals surface area contributed by atoms with E-state index in [0.29, 0.717) is 25.7 Å². The molecular formula is C61H98O12. The highest BCUT2D eigenvalue weighted by Gasteiger charge is 2.50. The predicted octanol–water partition coefficient (Wildman–Crippen LogP) is 14.1. The van der Waals surface area contributed by atoms with Gasteiger partial charge in [0.05, 0.1) is 6.61 Å². The Balaban J connectivity index is 2.76. The van der Waals surface area contributed by atoms with Crippen molar-refractivity contribution in [2.24, 2.45) is 0 Å². The van der Waals surface area contributed by atoms with Gasteiger partial charge in [0.2, 0.25) is 0 Å². The van der Waals surface area contributed by atoms with Crippen molar-refractivity contribution in [2.75, 3.05) is 13.2 Å². The molecule has 0 spiro atoms. The zero-order valence-electron chi connectivity index (χ0n) is 45.3. The van der Waals surface area contributed by atoms with E-state index in [1.807, 2.05) is 12.2 Å². The van der Waals surface area contributed by atoms with Crippen molar-refractivity contribution in [2.45, 2.75) is 250 Å². The largest absolute Gasteiger partial charge is 0.479 e. The molecule has 0 saturated carbocycles. The highest BCUT2D eigenvalue weighted by Crippen LogP contribution is 2.26. The summed E-state index contributed by atoms with van der Waals surface area (Å²) < 4.78 is 28.3. The molecule has 12 nitrogen and oxygen atoms in total. The van der Waals surface area contributed by atoms with Gasteiger partial charge < -0.3 is 39.0 Å². The van der Waals surface area contributed by atoms with Crippen molar-refractivity contribution in [3.05, 3.63) is 97.2 Å². The van der Waals surface area contributed by atoms with E-state index < -0.39 is 67.3 Å². The maximum absolute atomic E-state index is 13.1. The topological polar surface area (TPSA) is 175 Å². The van der Waals surface area contributed by atoms with Crippen LogP contribution in [0.5, 0.6) is 0 Å². The van der Waals surface area contributed by atoms with Crippen molar-refractivity contribution in [3.8, 4) is 0 Å². The van der Waals surface area contributed by atoms with E-state index in [1.54, 1.807) is 0 Å². The number of hydrogen-bond donors (Lipinski definition) is 3. The Bertz CT molecular complexity index is 1640. The normalized spacial score (nSPS) is 19.1. The van der Waals surface area contributed by atoms with E-state index in [9.17, 15) is 34.5 Å². The number of carbonyl (C=O) groups excluding carboxylic acids is 3. The average Bonchev–Trinajstić information content (AvgIpc) is 3.37. The fraction of sp³-hybridized carbons (Fsp3) is 0.672. The summed E-state index contributed by atoms with van der Waals surface area (Å²) in [6.07, 6.45) is 51.1. The molecule has 0 aliphatic carbocycles. The number of carbonyl (C=O) groups is 4. The van der Waals surface area contributed by atoms with Crippen molar-refractivity contribution in [1.82, 2.24) is 0 Å². The maximum atomic E-state index is 13.1. The van der Waals surface area contributed by atoms with Crippen LogP contribution in [0.4, 0.5) is 0 Å². The second kappa shape index (κ2) is 48.6. The maximum Gasteiger partial charge on any atom is 0.335 e. The summed E-state index contributed by atoms with van der Waals surface area (Å²) in [4.78, 5) is 51.0. The highest BCUT2D eigenvalue weighted by atomic mass is 16.7. The Kier molecular flexibility index (Phi) is 44.4. The third-order valence-electron chi connectivity index (χ3n) is 12.1. The molecule has 12 heteroatoms. The summed E-state index contributed by atoms with van der Waals surface area (Å²) in [6.45, 7) is 5.66. The molecule has 1 rings (SSSR count). The van der Waals surface area contributed by atoms with Gasteiger partial charge in [-0.1, -0.05) is 189 Å². The van der Waals surface area contributed by atoms with Gasteiger partial charge >= 0.3 is 23.9 Å². The molecule has 0 aromatic carbocycles. The van der Waals surface area contributed by atoms with Crippen molar-refractivity contribution in [1.29, 1.82) is 0 Å². The van der Waals surface area contributed by atoms with Crippen molar-refractivity contribution in [3.63, 3.8) is 0 Å². The minimum absolute atomic E-state index is 0.0327. The Hall–Kier alpha value is -4.36. The molecule has 6 unspecified atom stereocenters. The molecular weight excluding hydrogens is 925 g/mol. The Labute approximate surface area is 441 Å². The minimum Gasteiger partial charge on any atom is -0.479 e. The number of ether oxygens (including phenoxy) is 5. The Morgan fingerprint density at radius 3 is 1.38 bits per heavy atom. The van der Waals surface area contributed by atoms with Crippen LogP contribution in [0.15, 0.2) is 97.2 Å². The number of carboxylic acid groups (broad SMARTS) is 1. The first kappa shape index (κ1) is 66.7.